The van der Waals surface area contributed by atoms with Gasteiger partial charge in [-0.3, -0.25) is 4.72 Å². The van der Waals surface area contributed by atoms with Gasteiger partial charge in [0, 0.05) is 4.47 Å². The Labute approximate surface area is 150 Å². The van der Waals surface area contributed by atoms with Crippen LogP contribution < -0.4 is 4.72 Å². The van der Waals surface area contributed by atoms with Crippen LogP contribution >= 0.6 is 15.9 Å². The van der Waals surface area contributed by atoms with E-state index in [0.29, 0.717) is 10.2 Å². The van der Waals surface area contributed by atoms with Crippen LogP contribution in [-0.2, 0) is 10.0 Å². The van der Waals surface area contributed by atoms with Gasteiger partial charge in [-0.1, -0.05) is 54.1 Å². The van der Waals surface area contributed by atoms with Crippen LogP contribution in [0.3, 0.4) is 0 Å². The van der Waals surface area contributed by atoms with E-state index in [1.807, 2.05) is 49.4 Å². The minimum atomic E-state index is -3.61. The SMILES string of the molecule is Cc1ccc(S(=O)(=O)Nc2ccc(-c3ccccc3)cc2Br)cc1. The van der Waals surface area contributed by atoms with Crippen LogP contribution in [0.15, 0.2) is 82.2 Å². The molecule has 122 valence electrons. The van der Waals surface area contributed by atoms with Gasteiger partial charge in [0.05, 0.1) is 10.6 Å². The lowest BCUT2D eigenvalue weighted by molar-refractivity contribution is 0.601. The fourth-order valence-electron chi connectivity index (χ4n) is 2.33. The van der Waals surface area contributed by atoms with Crippen LogP contribution in [0, 0.1) is 6.92 Å². The van der Waals surface area contributed by atoms with Crippen molar-refractivity contribution in [2.24, 2.45) is 0 Å². The first-order chi connectivity index (χ1) is 11.5. The zero-order valence-electron chi connectivity index (χ0n) is 13.0. The lowest BCUT2D eigenvalue weighted by Crippen LogP contribution is -2.13. The summed E-state index contributed by atoms with van der Waals surface area (Å²) in [5.74, 6) is 0. The van der Waals surface area contributed by atoms with Crippen molar-refractivity contribution in [2.45, 2.75) is 11.8 Å². The molecule has 0 spiro atoms. The van der Waals surface area contributed by atoms with Crippen LogP contribution in [0.5, 0.6) is 0 Å². The summed E-state index contributed by atoms with van der Waals surface area (Å²) in [7, 11) is -3.61. The second kappa shape index (κ2) is 6.79. The maximum absolute atomic E-state index is 12.5. The van der Waals surface area contributed by atoms with Crippen molar-refractivity contribution in [3.05, 3.63) is 82.8 Å². The first-order valence-electron chi connectivity index (χ1n) is 7.40. The number of hydrogen-bond acceptors (Lipinski definition) is 2. The molecule has 3 aromatic rings. The van der Waals surface area contributed by atoms with Crippen LogP contribution in [0.1, 0.15) is 5.56 Å². The average molecular weight is 402 g/mol. The number of nitrogens with one attached hydrogen (secondary N) is 1. The predicted molar refractivity (Wildman–Crippen MR) is 102 cm³/mol. The summed E-state index contributed by atoms with van der Waals surface area (Å²) in [6, 6.07) is 22.2. The quantitative estimate of drug-likeness (QED) is 0.650. The first kappa shape index (κ1) is 16.7. The molecule has 1 N–H and O–H groups in total. The number of aryl methyl sites for hydroxylation is 1. The molecule has 0 bridgehead atoms. The highest BCUT2D eigenvalue weighted by molar-refractivity contribution is 9.10. The van der Waals surface area contributed by atoms with Crippen molar-refractivity contribution in [2.75, 3.05) is 4.72 Å². The molecule has 0 aliphatic heterocycles. The molecule has 0 aromatic heterocycles. The molecule has 0 saturated carbocycles. The summed E-state index contributed by atoms with van der Waals surface area (Å²) in [6.07, 6.45) is 0. The van der Waals surface area contributed by atoms with Crippen molar-refractivity contribution in [1.82, 2.24) is 0 Å². The Balaban J connectivity index is 1.89. The molecule has 0 unspecified atom stereocenters. The van der Waals surface area contributed by atoms with Gasteiger partial charge in [-0.05, 0) is 58.2 Å². The van der Waals surface area contributed by atoms with E-state index in [1.165, 1.54) is 0 Å². The lowest BCUT2D eigenvalue weighted by Gasteiger charge is -2.11. The zero-order chi connectivity index (χ0) is 17.2. The van der Waals surface area contributed by atoms with Gasteiger partial charge in [0.15, 0.2) is 0 Å². The molecule has 0 fully saturated rings. The summed E-state index contributed by atoms with van der Waals surface area (Å²) in [5, 5.41) is 0. The van der Waals surface area contributed by atoms with Crippen molar-refractivity contribution in [3.8, 4) is 11.1 Å². The first-order valence-corrected chi connectivity index (χ1v) is 9.68. The van der Waals surface area contributed by atoms with Crippen LogP contribution in [0.2, 0.25) is 0 Å². The highest BCUT2D eigenvalue weighted by Crippen LogP contribution is 2.30. The van der Waals surface area contributed by atoms with Crippen molar-refractivity contribution >= 4 is 31.6 Å². The van der Waals surface area contributed by atoms with Gasteiger partial charge >= 0.3 is 0 Å². The molecule has 0 saturated heterocycles. The molecule has 3 rings (SSSR count). The molecule has 0 aliphatic carbocycles. The van der Waals surface area contributed by atoms with Gasteiger partial charge in [-0.15, -0.1) is 0 Å². The Morgan fingerprint density at radius 2 is 1.50 bits per heavy atom. The fourth-order valence-corrected chi connectivity index (χ4v) is 4.02. The van der Waals surface area contributed by atoms with E-state index in [2.05, 4.69) is 20.7 Å². The minimum Gasteiger partial charge on any atom is -0.278 e. The second-order valence-corrected chi connectivity index (χ2v) is 8.02. The van der Waals surface area contributed by atoms with Crippen LogP contribution in [0.4, 0.5) is 5.69 Å². The Morgan fingerprint density at radius 1 is 0.833 bits per heavy atom. The zero-order valence-corrected chi connectivity index (χ0v) is 15.4. The summed E-state index contributed by atoms with van der Waals surface area (Å²) in [6.45, 7) is 1.92. The maximum atomic E-state index is 12.5. The smallest absolute Gasteiger partial charge is 0.261 e. The monoisotopic (exact) mass is 401 g/mol. The third-order valence-corrected chi connectivity index (χ3v) is 5.69. The summed E-state index contributed by atoms with van der Waals surface area (Å²) >= 11 is 3.45. The molecule has 5 heteroatoms. The van der Waals surface area contributed by atoms with Gasteiger partial charge in [-0.25, -0.2) is 8.42 Å². The van der Waals surface area contributed by atoms with Gasteiger partial charge < -0.3 is 0 Å². The predicted octanol–water partition coefficient (Wildman–Crippen LogP) is 5.23. The van der Waals surface area contributed by atoms with Gasteiger partial charge in [0.1, 0.15) is 0 Å². The minimum absolute atomic E-state index is 0.243. The number of anilines is 1. The molecule has 3 aromatic carbocycles. The number of benzene rings is 3. The highest BCUT2D eigenvalue weighted by atomic mass is 79.9. The molecular weight excluding hydrogens is 386 g/mol. The maximum Gasteiger partial charge on any atom is 0.261 e. The molecule has 0 aliphatic rings. The van der Waals surface area contributed by atoms with Gasteiger partial charge in [0.2, 0.25) is 0 Å². The highest BCUT2D eigenvalue weighted by Gasteiger charge is 2.15. The van der Waals surface area contributed by atoms with Crippen molar-refractivity contribution < 1.29 is 8.42 Å². The Bertz CT molecular complexity index is 952. The van der Waals surface area contributed by atoms with Gasteiger partial charge in [0.25, 0.3) is 10.0 Å². The lowest BCUT2D eigenvalue weighted by atomic mass is 10.1. The summed E-state index contributed by atoms with van der Waals surface area (Å²) < 4.78 is 28.3. The molecule has 3 nitrogen and oxygen atoms in total. The van der Waals surface area contributed by atoms with E-state index in [1.54, 1.807) is 30.3 Å². The summed E-state index contributed by atoms with van der Waals surface area (Å²) in [4.78, 5) is 0.243. The number of rotatable bonds is 4. The fraction of sp³-hybridized carbons (Fsp3) is 0.0526. The van der Waals surface area contributed by atoms with Crippen molar-refractivity contribution in [3.63, 3.8) is 0 Å². The summed E-state index contributed by atoms with van der Waals surface area (Å²) in [5.41, 5.74) is 3.62. The van der Waals surface area contributed by atoms with E-state index in [0.717, 1.165) is 16.7 Å². The van der Waals surface area contributed by atoms with Crippen molar-refractivity contribution in [1.29, 1.82) is 0 Å². The van der Waals surface area contributed by atoms with E-state index in [4.69, 9.17) is 0 Å². The Kier molecular flexibility index (Phi) is 4.73. The standard InChI is InChI=1S/C19H16BrNO2S/c1-14-7-10-17(11-8-14)24(22,23)21-19-12-9-16(13-18(19)20)15-5-3-2-4-6-15/h2-13,21H,1H3. The van der Waals surface area contributed by atoms with E-state index < -0.39 is 10.0 Å². The molecular formula is C19H16BrNO2S. The number of sulfonamides is 1. The van der Waals surface area contributed by atoms with E-state index in [-0.39, 0.29) is 4.90 Å². The Hall–Kier alpha value is -2.11. The molecule has 0 radical (unpaired) electrons. The third kappa shape index (κ3) is 3.68. The van der Waals surface area contributed by atoms with Crippen LogP contribution in [-0.4, -0.2) is 8.42 Å². The Morgan fingerprint density at radius 3 is 2.12 bits per heavy atom. The van der Waals surface area contributed by atoms with Crippen LogP contribution in [0.25, 0.3) is 11.1 Å². The molecule has 0 amide bonds. The van der Waals surface area contributed by atoms with E-state index in [9.17, 15) is 8.42 Å². The number of halogens is 1. The molecule has 24 heavy (non-hydrogen) atoms. The topological polar surface area (TPSA) is 46.2 Å². The largest absolute Gasteiger partial charge is 0.278 e. The van der Waals surface area contributed by atoms with E-state index >= 15 is 0 Å². The average Bonchev–Trinajstić information content (AvgIpc) is 2.58. The third-order valence-electron chi connectivity index (χ3n) is 3.65. The molecule has 0 heterocycles. The second-order valence-electron chi connectivity index (χ2n) is 5.48. The van der Waals surface area contributed by atoms with Gasteiger partial charge in [-0.2, -0.15) is 0 Å². The molecule has 0 atom stereocenters. The number of hydrogen-bond donors (Lipinski definition) is 1. The normalized spacial score (nSPS) is 11.2.